The predicted molar refractivity (Wildman–Crippen MR) is 94.5 cm³/mol. The van der Waals surface area contributed by atoms with E-state index in [1.165, 1.54) is 11.3 Å². The third kappa shape index (κ3) is 2.70. The highest BCUT2D eigenvalue weighted by Gasteiger charge is 2.29. The van der Waals surface area contributed by atoms with Gasteiger partial charge >= 0.3 is 0 Å². The number of hydrogen-bond acceptors (Lipinski definition) is 3. The van der Waals surface area contributed by atoms with Crippen LogP contribution in [-0.2, 0) is 28.8 Å². The minimum atomic E-state index is -0.458. The van der Waals surface area contributed by atoms with Crippen molar-refractivity contribution in [1.82, 2.24) is 4.98 Å². The molecule has 4 rings (SSSR count). The number of carbonyl (C=O) groups is 2. The number of amides is 2. The van der Waals surface area contributed by atoms with Crippen LogP contribution in [0.5, 0.6) is 0 Å². The van der Waals surface area contributed by atoms with Crippen LogP contribution in [0.3, 0.4) is 0 Å². The second kappa shape index (κ2) is 6.19. The van der Waals surface area contributed by atoms with Crippen molar-refractivity contribution in [3.8, 4) is 0 Å². The van der Waals surface area contributed by atoms with E-state index in [0.717, 1.165) is 54.1 Å². The van der Waals surface area contributed by atoms with Crippen LogP contribution in [0.1, 0.15) is 57.9 Å². The summed E-state index contributed by atoms with van der Waals surface area (Å²) in [6, 6.07) is 1.91. The Balaban J connectivity index is 2.03. The Hall–Kier alpha value is -2.34. The molecule has 0 unspecified atom stereocenters. The number of rotatable bonds is 4. The van der Waals surface area contributed by atoms with Gasteiger partial charge in [-0.3, -0.25) is 9.59 Å². The summed E-state index contributed by atoms with van der Waals surface area (Å²) in [7, 11) is 0. The zero-order valence-corrected chi connectivity index (χ0v) is 14.2. The number of carbonyl (C=O) groups excluding carboxylic acids is 2. The highest BCUT2D eigenvalue weighted by atomic mass is 16.5. The summed E-state index contributed by atoms with van der Waals surface area (Å²) in [6.45, 7) is 1.19. The maximum atomic E-state index is 12.2. The molecule has 25 heavy (non-hydrogen) atoms. The van der Waals surface area contributed by atoms with Crippen molar-refractivity contribution in [3.63, 3.8) is 0 Å². The first-order chi connectivity index (χ1) is 12.1. The number of ether oxygens (including phenoxy) is 1. The van der Waals surface area contributed by atoms with Crippen molar-refractivity contribution in [1.29, 1.82) is 0 Å². The van der Waals surface area contributed by atoms with Crippen molar-refractivity contribution in [2.45, 2.75) is 44.4 Å². The minimum Gasteiger partial charge on any atom is -0.381 e. The monoisotopic (exact) mass is 341 g/mol. The van der Waals surface area contributed by atoms with Crippen LogP contribution in [0.4, 0.5) is 0 Å². The molecule has 1 fully saturated rings. The van der Waals surface area contributed by atoms with Gasteiger partial charge in [-0.2, -0.15) is 0 Å². The molecule has 1 aromatic heterocycles. The first kappa shape index (κ1) is 16.1. The summed E-state index contributed by atoms with van der Waals surface area (Å²) in [6.07, 6.45) is 5.18. The Labute approximate surface area is 145 Å². The summed E-state index contributed by atoms with van der Waals surface area (Å²) in [5, 5.41) is 1.02. The molecule has 2 aliphatic rings. The molecule has 0 saturated carbocycles. The molecule has 2 heterocycles. The number of H-pyrrole nitrogens is 1. The first-order valence-corrected chi connectivity index (χ1v) is 8.91. The van der Waals surface area contributed by atoms with E-state index in [1.807, 2.05) is 6.07 Å². The van der Waals surface area contributed by atoms with E-state index in [-0.39, 0.29) is 12.3 Å². The largest absolute Gasteiger partial charge is 0.381 e. The normalized spacial score (nSPS) is 19.9. The molecular formula is C19H23N3O3. The fourth-order valence-electron chi connectivity index (χ4n) is 4.42. The topological polar surface area (TPSA) is 111 Å². The molecule has 0 radical (unpaired) electrons. The Bertz CT molecular complexity index is 863. The third-order valence-corrected chi connectivity index (χ3v) is 5.50. The van der Waals surface area contributed by atoms with Crippen LogP contribution < -0.4 is 11.5 Å². The Morgan fingerprint density at radius 3 is 2.72 bits per heavy atom. The average Bonchev–Trinajstić information content (AvgIpc) is 3.21. The summed E-state index contributed by atoms with van der Waals surface area (Å²) < 4.78 is 5.52. The highest BCUT2D eigenvalue weighted by molar-refractivity contribution is 6.02. The maximum absolute atomic E-state index is 12.2. The summed E-state index contributed by atoms with van der Waals surface area (Å²) in [5.41, 5.74) is 16.8. The van der Waals surface area contributed by atoms with E-state index in [4.69, 9.17) is 16.2 Å². The lowest BCUT2D eigenvalue weighted by molar-refractivity contribution is -0.117. The van der Waals surface area contributed by atoms with Gasteiger partial charge in [0.15, 0.2) is 0 Å². The number of nitrogens with one attached hydrogen (secondary N) is 1. The lowest BCUT2D eigenvalue weighted by Crippen LogP contribution is -2.21. The van der Waals surface area contributed by atoms with E-state index in [0.29, 0.717) is 18.8 Å². The molecule has 1 aromatic carbocycles. The second-order valence-corrected chi connectivity index (χ2v) is 7.10. The van der Waals surface area contributed by atoms with Crippen molar-refractivity contribution >= 4 is 22.7 Å². The van der Waals surface area contributed by atoms with Crippen LogP contribution in [0.25, 0.3) is 10.9 Å². The van der Waals surface area contributed by atoms with Gasteiger partial charge in [0.2, 0.25) is 11.8 Å². The number of aryl methyl sites for hydroxylation is 2. The van der Waals surface area contributed by atoms with E-state index in [9.17, 15) is 9.59 Å². The molecular weight excluding hydrogens is 318 g/mol. The Morgan fingerprint density at radius 2 is 2.04 bits per heavy atom. The van der Waals surface area contributed by atoms with Crippen molar-refractivity contribution in [2.24, 2.45) is 11.5 Å². The van der Waals surface area contributed by atoms with Gasteiger partial charge in [0, 0.05) is 34.7 Å². The summed E-state index contributed by atoms with van der Waals surface area (Å²) in [4.78, 5) is 27.5. The predicted octanol–water partition coefficient (Wildman–Crippen LogP) is 1.68. The van der Waals surface area contributed by atoms with E-state index in [2.05, 4.69) is 4.98 Å². The molecule has 6 nitrogen and oxygen atoms in total. The van der Waals surface area contributed by atoms with Gasteiger partial charge in [-0.05, 0) is 54.9 Å². The van der Waals surface area contributed by atoms with Crippen LogP contribution in [-0.4, -0.2) is 30.0 Å². The molecule has 5 N–H and O–H groups in total. The molecule has 132 valence electrons. The van der Waals surface area contributed by atoms with E-state index < -0.39 is 11.8 Å². The number of nitrogens with two attached hydrogens (primary N) is 2. The maximum Gasteiger partial charge on any atom is 0.249 e. The smallest absolute Gasteiger partial charge is 0.249 e. The lowest BCUT2D eigenvalue weighted by Gasteiger charge is -2.19. The summed E-state index contributed by atoms with van der Waals surface area (Å²) in [5.74, 6) is -0.794. The fourth-order valence-corrected chi connectivity index (χ4v) is 4.42. The second-order valence-electron chi connectivity index (χ2n) is 7.10. The average molecular weight is 341 g/mol. The zero-order chi connectivity index (χ0) is 17.6. The first-order valence-electron chi connectivity index (χ1n) is 8.91. The molecule has 1 aliphatic heterocycles. The molecule has 0 spiro atoms. The Morgan fingerprint density at radius 1 is 1.24 bits per heavy atom. The van der Waals surface area contributed by atoms with Gasteiger partial charge in [0.1, 0.15) is 0 Å². The Kier molecular flexibility index (Phi) is 4.00. The fraction of sp³-hybridized carbons (Fsp3) is 0.474. The molecule has 1 saturated heterocycles. The minimum absolute atomic E-state index is 0.0709. The van der Waals surface area contributed by atoms with Crippen LogP contribution >= 0.6 is 0 Å². The standard InChI is InChI=1S/C19H23N3O3/c20-16(23)8-13-17(10-5-6-25-9-10)14(19(21)24)7-12-11-3-1-2-4-15(11)22-18(12)13/h7,10,22H,1-6,8-9H2,(H2,20,23)(H2,21,24)/t10-/m0/s1. The lowest BCUT2D eigenvalue weighted by atomic mass is 9.84. The van der Waals surface area contributed by atoms with Gasteiger partial charge in [-0.15, -0.1) is 0 Å². The van der Waals surface area contributed by atoms with Gasteiger partial charge in [0.25, 0.3) is 0 Å². The van der Waals surface area contributed by atoms with Crippen molar-refractivity contribution in [2.75, 3.05) is 13.2 Å². The molecule has 6 heteroatoms. The number of primary amides is 2. The van der Waals surface area contributed by atoms with Gasteiger partial charge in [-0.1, -0.05) is 0 Å². The number of hydrogen-bond donors (Lipinski definition) is 3. The molecule has 1 aliphatic carbocycles. The third-order valence-electron chi connectivity index (χ3n) is 5.50. The van der Waals surface area contributed by atoms with E-state index in [1.54, 1.807) is 0 Å². The molecule has 2 amide bonds. The van der Waals surface area contributed by atoms with E-state index >= 15 is 0 Å². The highest BCUT2D eigenvalue weighted by Crippen LogP contribution is 2.39. The zero-order valence-electron chi connectivity index (χ0n) is 14.2. The van der Waals surface area contributed by atoms with Crippen LogP contribution in [0.2, 0.25) is 0 Å². The van der Waals surface area contributed by atoms with Gasteiger partial charge in [0.05, 0.1) is 13.0 Å². The molecule has 2 aromatic rings. The van der Waals surface area contributed by atoms with Crippen LogP contribution in [0.15, 0.2) is 6.07 Å². The van der Waals surface area contributed by atoms with Gasteiger partial charge in [-0.25, -0.2) is 0 Å². The number of benzene rings is 1. The van der Waals surface area contributed by atoms with Crippen molar-refractivity contribution < 1.29 is 14.3 Å². The van der Waals surface area contributed by atoms with Crippen LogP contribution in [0, 0.1) is 0 Å². The number of fused-ring (bicyclic) bond motifs is 3. The van der Waals surface area contributed by atoms with Crippen molar-refractivity contribution in [3.05, 3.63) is 34.0 Å². The molecule has 0 bridgehead atoms. The van der Waals surface area contributed by atoms with Gasteiger partial charge < -0.3 is 21.2 Å². The number of aromatic nitrogens is 1. The summed E-state index contributed by atoms with van der Waals surface area (Å²) >= 11 is 0. The number of aromatic amines is 1. The quantitative estimate of drug-likeness (QED) is 0.786. The molecule has 1 atom stereocenters. The SMILES string of the molecule is NC(=O)Cc1c([C@H]2CCOC2)c(C(N)=O)cc2c3c([nH]c12)CCCC3.